The molecule has 3 amide bonds. The Morgan fingerprint density at radius 2 is 2.06 bits per heavy atom. The molecule has 1 aromatic rings. The molecule has 1 saturated heterocycles. The van der Waals surface area contributed by atoms with Crippen LogP contribution in [0, 0.1) is 17.2 Å². The summed E-state index contributed by atoms with van der Waals surface area (Å²) in [6.45, 7) is 9.91. The SMILES string of the molecule is CC(C=O)CN(C[C@H](C)NC[C@H](NC(=O)OC(C)(C)C)C(=O)N1CCC[C@H]1C#N)C(=O)c1cccs1. The Morgan fingerprint density at radius 3 is 2.64 bits per heavy atom. The Morgan fingerprint density at radius 1 is 1.33 bits per heavy atom. The van der Waals surface area contributed by atoms with Crippen LogP contribution in [-0.4, -0.2) is 83.9 Å². The third kappa shape index (κ3) is 8.91. The minimum absolute atomic E-state index is 0.0815. The first-order valence-corrected chi connectivity index (χ1v) is 13.0. The molecule has 2 heterocycles. The van der Waals surface area contributed by atoms with Crippen LogP contribution in [0.25, 0.3) is 0 Å². The highest BCUT2D eigenvalue weighted by Gasteiger charge is 2.35. The molecule has 0 radical (unpaired) electrons. The maximum absolute atomic E-state index is 13.3. The van der Waals surface area contributed by atoms with Crippen LogP contribution in [0.4, 0.5) is 4.79 Å². The number of nitrogens with zero attached hydrogens (tertiary/aromatic N) is 3. The molecule has 198 valence electrons. The molecule has 2 rings (SSSR count). The predicted octanol–water partition coefficient (Wildman–Crippen LogP) is 2.41. The second kappa shape index (κ2) is 13.4. The van der Waals surface area contributed by atoms with Crippen LogP contribution in [0.2, 0.25) is 0 Å². The van der Waals surface area contributed by atoms with Crippen molar-refractivity contribution in [2.45, 2.75) is 71.2 Å². The average Bonchev–Trinajstić information content (AvgIpc) is 3.51. The molecule has 0 saturated carbocycles. The fourth-order valence-corrected chi connectivity index (χ4v) is 4.61. The molecule has 1 fully saturated rings. The Bertz CT molecular complexity index is 940. The maximum atomic E-state index is 13.3. The van der Waals surface area contributed by atoms with E-state index < -0.39 is 23.8 Å². The number of hydrogen-bond acceptors (Lipinski definition) is 8. The molecule has 0 aliphatic carbocycles. The van der Waals surface area contributed by atoms with Crippen molar-refractivity contribution in [1.82, 2.24) is 20.4 Å². The van der Waals surface area contributed by atoms with E-state index in [4.69, 9.17) is 4.74 Å². The minimum atomic E-state index is -0.952. The van der Waals surface area contributed by atoms with Gasteiger partial charge in [-0.3, -0.25) is 9.59 Å². The van der Waals surface area contributed by atoms with Crippen molar-refractivity contribution < 1.29 is 23.9 Å². The van der Waals surface area contributed by atoms with Crippen molar-refractivity contribution in [3.63, 3.8) is 0 Å². The number of likely N-dealkylation sites (tertiary alicyclic amines) is 1. The van der Waals surface area contributed by atoms with E-state index in [0.29, 0.717) is 24.4 Å². The number of carbonyl (C=O) groups is 4. The van der Waals surface area contributed by atoms with Gasteiger partial charge in [-0.1, -0.05) is 13.0 Å². The van der Waals surface area contributed by atoms with E-state index in [1.165, 1.54) is 16.2 Å². The number of rotatable bonds is 11. The van der Waals surface area contributed by atoms with Crippen LogP contribution < -0.4 is 10.6 Å². The molecule has 1 aliphatic heterocycles. The van der Waals surface area contributed by atoms with Crippen molar-refractivity contribution in [1.29, 1.82) is 5.26 Å². The molecule has 11 heteroatoms. The molecule has 0 bridgehead atoms. The van der Waals surface area contributed by atoms with Gasteiger partial charge in [-0.05, 0) is 52.0 Å². The molecule has 1 aliphatic rings. The van der Waals surface area contributed by atoms with Crippen LogP contribution in [0.5, 0.6) is 0 Å². The fraction of sp³-hybridized carbons (Fsp3) is 0.640. The summed E-state index contributed by atoms with van der Waals surface area (Å²) in [6, 6.07) is 3.96. The third-order valence-corrected chi connectivity index (χ3v) is 6.46. The number of carbonyl (C=O) groups excluding carboxylic acids is 4. The van der Waals surface area contributed by atoms with Gasteiger partial charge in [-0.25, -0.2) is 4.79 Å². The van der Waals surface area contributed by atoms with Crippen molar-refractivity contribution in [3.8, 4) is 6.07 Å². The van der Waals surface area contributed by atoms with Gasteiger partial charge < -0.3 is 30.0 Å². The zero-order chi connectivity index (χ0) is 26.9. The molecule has 10 nitrogen and oxygen atoms in total. The quantitative estimate of drug-likeness (QED) is 0.429. The first-order valence-electron chi connectivity index (χ1n) is 12.2. The lowest BCUT2D eigenvalue weighted by molar-refractivity contribution is -0.133. The molecular weight excluding hydrogens is 482 g/mol. The van der Waals surface area contributed by atoms with E-state index in [0.717, 1.165) is 12.7 Å². The largest absolute Gasteiger partial charge is 0.444 e. The molecule has 1 aromatic heterocycles. The first-order chi connectivity index (χ1) is 16.9. The highest BCUT2D eigenvalue weighted by atomic mass is 32.1. The fourth-order valence-electron chi connectivity index (χ4n) is 3.92. The molecule has 2 N–H and O–H groups in total. The summed E-state index contributed by atoms with van der Waals surface area (Å²) in [5.41, 5.74) is -0.737. The van der Waals surface area contributed by atoms with Crippen LogP contribution in [-0.2, 0) is 14.3 Å². The van der Waals surface area contributed by atoms with Crippen molar-refractivity contribution in [3.05, 3.63) is 22.4 Å². The topological polar surface area (TPSA) is 132 Å². The molecule has 0 aromatic carbocycles. The summed E-state index contributed by atoms with van der Waals surface area (Å²) < 4.78 is 5.34. The van der Waals surface area contributed by atoms with Gasteiger partial charge in [-0.15, -0.1) is 11.3 Å². The van der Waals surface area contributed by atoms with Crippen molar-refractivity contribution in [2.75, 3.05) is 26.2 Å². The van der Waals surface area contributed by atoms with Gasteiger partial charge in [-0.2, -0.15) is 5.26 Å². The summed E-state index contributed by atoms with van der Waals surface area (Å²) in [7, 11) is 0. The number of thiophene rings is 1. The van der Waals surface area contributed by atoms with Crippen LogP contribution in [0.1, 0.15) is 57.1 Å². The van der Waals surface area contributed by atoms with Gasteiger partial charge in [0.2, 0.25) is 5.91 Å². The van der Waals surface area contributed by atoms with E-state index in [1.54, 1.807) is 44.7 Å². The molecule has 0 spiro atoms. The van der Waals surface area contributed by atoms with Gasteiger partial charge in [0.1, 0.15) is 24.0 Å². The van der Waals surface area contributed by atoms with Crippen molar-refractivity contribution in [2.24, 2.45) is 5.92 Å². The normalized spacial score (nSPS) is 18.0. The standard InChI is InChI=1S/C25H37N5O5S/c1-17(16-31)14-29(23(33)21-9-7-11-36-21)15-18(2)27-13-20(28-24(34)35-25(3,4)5)22(32)30-10-6-8-19(30)12-26/h7,9,11,16-20,27H,6,8,10,13-15H2,1-5H3,(H,28,34)/t17?,18-,19-,20-/m0/s1. The number of nitrogens with one attached hydrogen (secondary N) is 2. The molecule has 36 heavy (non-hydrogen) atoms. The van der Waals surface area contributed by atoms with Gasteiger partial charge in [0.15, 0.2) is 0 Å². The lowest BCUT2D eigenvalue weighted by atomic mass is 10.1. The van der Waals surface area contributed by atoms with E-state index >= 15 is 0 Å². The van der Waals surface area contributed by atoms with Gasteiger partial charge in [0, 0.05) is 38.1 Å². The predicted molar refractivity (Wildman–Crippen MR) is 136 cm³/mol. The highest BCUT2D eigenvalue weighted by Crippen LogP contribution is 2.18. The number of amides is 3. The smallest absolute Gasteiger partial charge is 0.408 e. The van der Waals surface area contributed by atoms with Gasteiger partial charge in [0.05, 0.1) is 10.9 Å². The Hall–Kier alpha value is -2.97. The zero-order valence-corrected chi connectivity index (χ0v) is 22.5. The zero-order valence-electron chi connectivity index (χ0n) is 21.7. The average molecular weight is 520 g/mol. The number of alkyl carbamates (subject to hydrolysis) is 1. The van der Waals surface area contributed by atoms with Crippen LogP contribution in [0.15, 0.2) is 17.5 Å². The van der Waals surface area contributed by atoms with Crippen LogP contribution >= 0.6 is 11.3 Å². The molecule has 4 atom stereocenters. The van der Waals surface area contributed by atoms with Crippen LogP contribution in [0.3, 0.4) is 0 Å². The van der Waals surface area contributed by atoms with E-state index in [1.807, 2.05) is 12.3 Å². The Labute approximate surface area is 217 Å². The second-order valence-corrected chi connectivity index (χ2v) is 11.1. The minimum Gasteiger partial charge on any atom is -0.444 e. The number of ether oxygens (including phenoxy) is 1. The van der Waals surface area contributed by atoms with Gasteiger partial charge in [0.25, 0.3) is 5.91 Å². The highest BCUT2D eigenvalue weighted by molar-refractivity contribution is 7.12. The van der Waals surface area contributed by atoms with Gasteiger partial charge >= 0.3 is 6.09 Å². The molecule has 1 unspecified atom stereocenters. The number of nitriles is 1. The Balaban J connectivity index is 2.10. The first kappa shape index (κ1) is 29.3. The monoisotopic (exact) mass is 519 g/mol. The number of hydrogen-bond donors (Lipinski definition) is 2. The van der Waals surface area contributed by atoms with E-state index in [-0.39, 0.29) is 36.9 Å². The lowest BCUT2D eigenvalue weighted by Gasteiger charge is -2.30. The summed E-state index contributed by atoms with van der Waals surface area (Å²) in [4.78, 5) is 53.6. The molecular formula is C25H37N5O5S. The summed E-state index contributed by atoms with van der Waals surface area (Å²) >= 11 is 1.33. The number of aldehydes is 1. The van der Waals surface area contributed by atoms with E-state index in [9.17, 15) is 24.4 Å². The summed E-state index contributed by atoms with van der Waals surface area (Å²) in [6.07, 6.45) is 1.41. The second-order valence-electron chi connectivity index (χ2n) is 10.1. The maximum Gasteiger partial charge on any atom is 0.408 e. The van der Waals surface area contributed by atoms with E-state index in [2.05, 4.69) is 16.7 Å². The third-order valence-electron chi connectivity index (χ3n) is 5.60. The van der Waals surface area contributed by atoms with Crippen molar-refractivity contribution >= 4 is 35.5 Å². The summed E-state index contributed by atoms with van der Waals surface area (Å²) in [5, 5.41) is 17.1. The Kier molecular flexibility index (Phi) is 10.9. The summed E-state index contributed by atoms with van der Waals surface area (Å²) in [5.74, 6) is -0.853. The lowest BCUT2D eigenvalue weighted by Crippen LogP contribution is -2.56.